The van der Waals surface area contributed by atoms with Gasteiger partial charge in [0, 0.05) is 6.42 Å². The monoisotopic (exact) mass is 268 g/mol. The highest BCUT2D eigenvalue weighted by Crippen LogP contribution is 2.21. The molecule has 0 aromatic heterocycles. The van der Waals surface area contributed by atoms with Gasteiger partial charge in [-0.3, -0.25) is 4.79 Å². The lowest BCUT2D eigenvalue weighted by Crippen LogP contribution is -2.10. The number of benzene rings is 2. The molecule has 0 atom stereocenters. The van der Waals surface area contributed by atoms with Crippen LogP contribution in [0.15, 0.2) is 54.6 Å². The fraction of sp³-hybridized carbons (Fsp3) is 0.278. The number of hydrogen-bond donors (Lipinski definition) is 0. The number of ether oxygens (including phenoxy) is 1. The molecule has 2 aromatic rings. The van der Waals surface area contributed by atoms with Crippen LogP contribution >= 0.6 is 0 Å². The highest BCUT2D eigenvalue weighted by molar-refractivity contribution is 5.98. The fourth-order valence-electron chi connectivity index (χ4n) is 2.09. The van der Waals surface area contributed by atoms with Crippen molar-refractivity contribution in [2.45, 2.75) is 32.8 Å². The minimum absolute atomic E-state index is 0.0677. The summed E-state index contributed by atoms with van der Waals surface area (Å²) in [5.74, 6) is 0.811. The molecule has 0 saturated heterocycles. The summed E-state index contributed by atoms with van der Waals surface area (Å²) in [7, 11) is 0. The van der Waals surface area contributed by atoms with Gasteiger partial charge in [0.2, 0.25) is 0 Å². The van der Waals surface area contributed by atoms with Gasteiger partial charge in [0.1, 0.15) is 5.75 Å². The van der Waals surface area contributed by atoms with Crippen LogP contribution in [-0.4, -0.2) is 11.9 Å². The van der Waals surface area contributed by atoms with E-state index in [1.165, 1.54) is 5.56 Å². The van der Waals surface area contributed by atoms with Crippen molar-refractivity contribution in [1.29, 1.82) is 0 Å². The zero-order valence-corrected chi connectivity index (χ0v) is 12.0. The van der Waals surface area contributed by atoms with Gasteiger partial charge in [-0.05, 0) is 38.0 Å². The molecule has 2 aromatic carbocycles. The zero-order chi connectivity index (χ0) is 14.4. The summed E-state index contributed by atoms with van der Waals surface area (Å²) in [6.07, 6.45) is 1.33. The van der Waals surface area contributed by atoms with Crippen molar-refractivity contribution >= 4 is 5.78 Å². The van der Waals surface area contributed by atoms with E-state index in [1.807, 2.05) is 68.4 Å². The normalized spacial score (nSPS) is 10.6. The van der Waals surface area contributed by atoms with Gasteiger partial charge >= 0.3 is 0 Å². The van der Waals surface area contributed by atoms with E-state index in [-0.39, 0.29) is 11.9 Å². The summed E-state index contributed by atoms with van der Waals surface area (Å²) in [5, 5.41) is 0. The lowest BCUT2D eigenvalue weighted by atomic mass is 10.0. The summed E-state index contributed by atoms with van der Waals surface area (Å²) in [6, 6.07) is 17.5. The van der Waals surface area contributed by atoms with Gasteiger partial charge < -0.3 is 4.74 Å². The first-order valence-electron chi connectivity index (χ1n) is 6.99. The van der Waals surface area contributed by atoms with Crippen molar-refractivity contribution < 1.29 is 9.53 Å². The number of carbonyl (C=O) groups excluding carboxylic acids is 1. The Morgan fingerprint density at radius 1 is 1.00 bits per heavy atom. The quantitative estimate of drug-likeness (QED) is 0.730. The third-order valence-electron chi connectivity index (χ3n) is 3.03. The summed E-state index contributed by atoms with van der Waals surface area (Å²) in [6.45, 7) is 3.93. The third-order valence-corrected chi connectivity index (χ3v) is 3.03. The number of hydrogen-bond acceptors (Lipinski definition) is 2. The van der Waals surface area contributed by atoms with Crippen LogP contribution in [0.1, 0.15) is 36.2 Å². The molecule has 0 aliphatic heterocycles. The molecule has 104 valence electrons. The fourth-order valence-corrected chi connectivity index (χ4v) is 2.09. The molecule has 2 rings (SSSR count). The van der Waals surface area contributed by atoms with Crippen molar-refractivity contribution in [3.63, 3.8) is 0 Å². The van der Waals surface area contributed by atoms with Crippen LogP contribution in [-0.2, 0) is 6.42 Å². The van der Waals surface area contributed by atoms with Gasteiger partial charge in [0.15, 0.2) is 5.78 Å². The Hall–Kier alpha value is -2.09. The maximum Gasteiger partial charge on any atom is 0.166 e. The van der Waals surface area contributed by atoms with E-state index in [1.54, 1.807) is 0 Å². The molecule has 0 aliphatic rings. The summed E-state index contributed by atoms with van der Waals surface area (Å²) < 4.78 is 5.70. The van der Waals surface area contributed by atoms with Crippen LogP contribution in [0.25, 0.3) is 0 Å². The van der Waals surface area contributed by atoms with Gasteiger partial charge in [-0.25, -0.2) is 0 Å². The highest BCUT2D eigenvalue weighted by atomic mass is 16.5. The molecule has 0 radical (unpaired) electrons. The lowest BCUT2D eigenvalue weighted by Gasteiger charge is -2.13. The summed E-state index contributed by atoms with van der Waals surface area (Å²) in [4.78, 5) is 12.3. The number of aryl methyl sites for hydroxylation is 1. The van der Waals surface area contributed by atoms with Gasteiger partial charge in [-0.15, -0.1) is 0 Å². The van der Waals surface area contributed by atoms with Crippen LogP contribution in [0.5, 0.6) is 5.75 Å². The largest absolute Gasteiger partial charge is 0.490 e. The van der Waals surface area contributed by atoms with Gasteiger partial charge in [0.25, 0.3) is 0 Å². The molecule has 0 spiro atoms. The Morgan fingerprint density at radius 3 is 2.35 bits per heavy atom. The van der Waals surface area contributed by atoms with E-state index < -0.39 is 0 Å². The molecule has 0 heterocycles. The number of carbonyl (C=O) groups is 1. The van der Waals surface area contributed by atoms with Gasteiger partial charge in [-0.2, -0.15) is 0 Å². The molecule has 0 N–H and O–H groups in total. The standard InChI is InChI=1S/C18H20O2/c1-14(2)20-18-11-7-6-10-16(18)17(19)13-12-15-8-4-3-5-9-15/h3-11,14H,12-13H2,1-2H3. The molecule has 0 unspecified atom stereocenters. The molecule has 0 bridgehead atoms. The topological polar surface area (TPSA) is 26.3 Å². The molecule has 0 saturated carbocycles. The Balaban J connectivity index is 2.05. The highest BCUT2D eigenvalue weighted by Gasteiger charge is 2.12. The van der Waals surface area contributed by atoms with E-state index in [4.69, 9.17) is 4.74 Å². The second-order valence-electron chi connectivity index (χ2n) is 5.07. The van der Waals surface area contributed by atoms with Crippen LogP contribution in [0.4, 0.5) is 0 Å². The summed E-state index contributed by atoms with van der Waals surface area (Å²) >= 11 is 0. The van der Waals surface area contributed by atoms with Crippen LogP contribution < -0.4 is 4.74 Å². The smallest absolute Gasteiger partial charge is 0.166 e. The van der Waals surface area contributed by atoms with Crippen LogP contribution in [0.3, 0.4) is 0 Å². The molecule has 20 heavy (non-hydrogen) atoms. The van der Waals surface area contributed by atoms with Crippen LogP contribution in [0, 0.1) is 0 Å². The van der Waals surface area contributed by atoms with Crippen molar-refractivity contribution in [2.75, 3.05) is 0 Å². The second kappa shape index (κ2) is 6.90. The van der Waals surface area contributed by atoms with Gasteiger partial charge in [0.05, 0.1) is 11.7 Å². The second-order valence-corrected chi connectivity index (χ2v) is 5.07. The van der Waals surface area contributed by atoms with Crippen molar-refractivity contribution in [1.82, 2.24) is 0 Å². The lowest BCUT2D eigenvalue weighted by molar-refractivity contribution is 0.0977. The number of Topliss-reactive ketones (excluding diaryl/α,β-unsaturated/α-hetero) is 1. The first-order valence-corrected chi connectivity index (χ1v) is 6.99. The average molecular weight is 268 g/mol. The molecule has 2 heteroatoms. The van der Waals surface area contributed by atoms with E-state index in [0.29, 0.717) is 17.7 Å². The molecule has 0 amide bonds. The average Bonchev–Trinajstić information content (AvgIpc) is 2.46. The minimum Gasteiger partial charge on any atom is -0.490 e. The van der Waals surface area contributed by atoms with Crippen molar-refractivity contribution in [2.24, 2.45) is 0 Å². The molecule has 0 aliphatic carbocycles. The minimum atomic E-state index is 0.0677. The predicted octanol–water partition coefficient (Wildman–Crippen LogP) is 4.29. The Labute approximate surface area is 120 Å². The molecular formula is C18H20O2. The Morgan fingerprint density at radius 2 is 1.65 bits per heavy atom. The van der Waals surface area contributed by atoms with E-state index in [2.05, 4.69) is 0 Å². The number of rotatable bonds is 6. The van der Waals surface area contributed by atoms with Gasteiger partial charge in [-0.1, -0.05) is 42.5 Å². The summed E-state index contributed by atoms with van der Waals surface area (Å²) in [5.41, 5.74) is 1.86. The maximum atomic E-state index is 12.3. The zero-order valence-electron chi connectivity index (χ0n) is 12.0. The number of para-hydroxylation sites is 1. The molecule has 2 nitrogen and oxygen atoms in total. The Kier molecular flexibility index (Phi) is 4.94. The Bertz CT molecular complexity index is 559. The maximum absolute atomic E-state index is 12.3. The van der Waals surface area contributed by atoms with Crippen molar-refractivity contribution in [3.8, 4) is 5.75 Å². The van der Waals surface area contributed by atoms with E-state index in [9.17, 15) is 4.79 Å². The third kappa shape index (κ3) is 3.95. The van der Waals surface area contributed by atoms with Crippen molar-refractivity contribution in [3.05, 3.63) is 65.7 Å². The number of ketones is 1. The van der Waals surface area contributed by atoms with E-state index >= 15 is 0 Å². The molecule has 0 fully saturated rings. The van der Waals surface area contributed by atoms with Crippen LogP contribution in [0.2, 0.25) is 0 Å². The van der Waals surface area contributed by atoms with E-state index in [0.717, 1.165) is 6.42 Å². The predicted molar refractivity (Wildman–Crippen MR) is 81.3 cm³/mol. The molecular weight excluding hydrogens is 248 g/mol. The SMILES string of the molecule is CC(C)Oc1ccccc1C(=O)CCc1ccccc1. The first-order chi connectivity index (χ1) is 9.66. The first kappa shape index (κ1) is 14.3.